The molecule has 2 unspecified atom stereocenters. The van der Waals surface area contributed by atoms with Crippen molar-refractivity contribution >= 4 is 11.6 Å². The van der Waals surface area contributed by atoms with Crippen molar-refractivity contribution in [1.29, 1.82) is 0 Å². The summed E-state index contributed by atoms with van der Waals surface area (Å²) >= 11 is 0. The van der Waals surface area contributed by atoms with E-state index in [0.29, 0.717) is 18.5 Å². The molecule has 7 nitrogen and oxygen atoms in total. The van der Waals surface area contributed by atoms with Crippen LogP contribution < -0.4 is 5.32 Å². The van der Waals surface area contributed by atoms with Crippen LogP contribution in [0.3, 0.4) is 0 Å². The van der Waals surface area contributed by atoms with Crippen LogP contribution in [0, 0.1) is 5.92 Å². The summed E-state index contributed by atoms with van der Waals surface area (Å²) in [5.74, 6) is 2.72. The zero-order valence-electron chi connectivity index (χ0n) is 19.6. The van der Waals surface area contributed by atoms with Gasteiger partial charge in [-0.25, -0.2) is 0 Å². The highest BCUT2D eigenvalue weighted by Gasteiger charge is 2.36. The van der Waals surface area contributed by atoms with E-state index in [9.17, 15) is 0 Å². The summed E-state index contributed by atoms with van der Waals surface area (Å²) in [5.41, 5.74) is 2.32. The molecule has 2 aliphatic rings. The molecule has 4 heterocycles. The fourth-order valence-corrected chi connectivity index (χ4v) is 5.46. The zero-order chi connectivity index (χ0) is 22.5. The number of piperidine rings is 2. The highest BCUT2D eigenvalue weighted by molar-refractivity contribution is 5.80. The van der Waals surface area contributed by atoms with Crippen molar-refractivity contribution in [3.8, 4) is 0 Å². The van der Waals surface area contributed by atoms with Crippen molar-refractivity contribution in [2.75, 3.05) is 32.7 Å². The van der Waals surface area contributed by atoms with Crippen LogP contribution in [-0.4, -0.2) is 69.1 Å². The summed E-state index contributed by atoms with van der Waals surface area (Å²) in [5, 5.41) is 12.1. The van der Waals surface area contributed by atoms with E-state index in [2.05, 4.69) is 67.0 Å². The van der Waals surface area contributed by atoms with E-state index in [1.54, 1.807) is 0 Å². The maximum absolute atomic E-state index is 4.98. The summed E-state index contributed by atoms with van der Waals surface area (Å²) < 4.78 is 2.05. The Morgan fingerprint density at radius 2 is 1.94 bits per heavy atom. The van der Waals surface area contributed by atoms with Crippen LogP contribution in [0.1, 0.15) is 37.6 Å². The van der Waals surface area contributed by atoms with E-state index in [4.69, 9.17) is 4.99 Å². The minimum atomic E-state index is 0.681. The van der Waals surface area contributed by atoms with Gasteiger partial charge in [-0.2, -0.15) is 0 Å². The lowest BCUT2D eigenvalue weighted by Crippen LogP contribution is -2.56. The minimum absolute atomic E-state index is 0.681. The van der Waals surface area contributed by atoms with Gasteiger partial charge < -0.3 is 10.2 Å². The third-order valence-electron chi connectivity index (χ3n) is 7.03. The van der Waals surface area contributed by atoms with Crippen LogP contribution in [0.5, 0.6) is 0 Å². The Morgan fingerprint density at radius 3 is 2.82 bits per heavy atom. The van der Waals surface area contributed by atoms with E-state index in [1.807, 2.05) is 24.4 Å². The van der Waals surface area contributed by atoms with Crippen LogP contribution in [0.4, 0.5) is 0 Å². The zero-order valence-corrected chi connectivity index (χ0v) is 19.6. The molecule has 0 amide bonds. The van der Waals surface area contributed by atoms with Crippen molar-refractivity contribution in [2.45, 2.75) is 45.2 Å². The van der Waals surface area contributed by atoms with E-state index in [1.165, 1.54) is 31.4 Å². The molecular weight excluding hydrogens is 410 g/mol. The lowest BCUT2D eigenvalue weighted by Gasteiger charge is -2.48. The average Bonchev–Trinajstić information content (AvgIpc) is 3.27. The van der Waals surface area contributed by atoms with Crippen molar-refractivity contribution in [1.82, 2.24) is 29.7 Å². The first-order valence-corrected chi connectivity index (χ1v) is 12.4. The number of pyridine rings is 1. The SMILES string of the molecule is CCNC(=NCCc1nnc2ccccn12)N1CCC2C(CCCN2Cc2ccccc2)C1. The normalized spacial score (nSPS) is 21.8. The Hall–Kier alpha value is -2.93. The molecule has 33 heavy (non-hydrogen) atoms. The predicted molar refractivity (Wildman–Crippen MR) is 132 cm³/mol. The maximum Gasteiger partial charge on any atom is 0.193 e. The third-order valence-corrected chi connectivity index (χ3v) is 7.03. The number of nitrogens with zero attached hydrogens (tertiary/aromatic N) is 6. The van der Waals surface area contributed by atoms with Crippen LogP contribution in [0.25, 0.3) is 5.65 Å². The molecule has 2 atom stereocenters. The first-order chi connectivity index (χ1) is 16.3. The van der Waals surface area contributed by atoms with Gasteiger partial charge in [0.15, 0.2) is 11.6 Å². The summed E-state index contributed by atoms with van der Waals surface area (Å²) in [6.07, 6.45) is 6.61. The average molecular weight is 446 g/mol. The molecule has 0 saturated carbocycles. The van der Waals surface area contributed by atoms with E-state index < -0.39 is 0 Å². The second-order valence-electron chi connectivity index (χ2n) is 9.19. The molecule has 2 aliphatic heterocycles. The molecule has 0 bridgehead atoms. The lowest BCUT2D eigenvalue weighted by molar-refractivity contribution is 0.0372. The van der Waals surface area contributed by atoms with Gasteiger partial charge in [-0.3, -0.25) is 14.3 Å². The number of rotatable bonds is 6. The second-order valence-corrected chi connectivity index (χ2v) is 9.19. The van der Waals surface area contributed by atoms with Gasteiger partial charge in [-0.05, 0) is 56.3 Å². The smallest absolute Gasteiger partial charge is 0.193 e. The quantitative estimate of drug-likeness (QED) is 0.466. The van der Waals surface area contributed by atoms with Crippen molar-refractivity contribution in [2.24, 2.45) is 10.9 Å². The number of likely N-dealkylation sites (tertiary alicyclic amines) is 2. The summed E-state index contributed by atoms with van der Waals surface area (Å²) in [7, 11) is 0. The topological polar surface area (TPSA) is 61.1 Å². The fourth-order valence-electron chi connectivity index (χ4n) is 5.46. The second kappa shape index (κ2) is 10.3. The number of hydrogen-bond donors (Lipinski definition) is 1. The number of guanidine groups is 1. The molecule has 5 rings (SSSR count). The molecule has 0 spiro atoms. The molecule has 0 radical (unpaired) electrons. The van der Waals surface area contributed by atoms with Crippen LogP contribution in [-0.2, 0) is 13.0 Å². The van der Waals surface area contributed by atoms with E-state index >= 15 is 0 Å². The number of aliphatic imine (C=N–C) groups is 1. The summed E-state index contributed by atoms with van der Waals surface area (Å²) in [6, 6.07) is 17.6. The fraction of sp³-hybridized carbons (Fsp3) is 0.500. The molecule has 2 saturated heterocycles. The first-order valence-electron chi connectivity index (χ1n) is 12.4. The molecule has 2 fully saturated rings. The van der Waals surface area contributed by atoms with Crippen molar-refractivity contribution in [3.63, 3.8) is 0 Å². The van der Waals surface area contributed by atoms with Gasteiger partial charge >= 0.3 is 0 Å². The number of hydrogen-bond acceptors (Lipinski definition) is 4. The maximum atomic E-state index is 4.98. The highest BCUT2D eigenvalue weighted by atomic mass is 15.3. The van der Waals surface area contributed by atoms with Gasteiger partial charge in [0, 0.05) is 51.4 Å². The van der Waals surface area contributed by atoms with Gasteiger partial charge in [-0.15, -0.1) is 10.2 Å². The van der Waals surface area contributed by atoms with E-state index in [-0.39, 0.29) is 0 Å². The number of benzene rings is 1. The number of fused-ring (bicyclic) bond motifs is 2. The minimum Gasteiger partial charge on any atom is -0.357 e. The van der Waals surface area contributed by atoms with Crippen LogP contribution >= 0.6 is 0 Å². The van der Waals surface area contributed by atoms with Gasteiger partial charge in [0.1, 0.15) is 5.82 Å². The first kappa shape index (κ1) is 21.9. The Bertz CT molecular complexity index is 1060. The number of aromatic nitrogens is 3. The molecule has 1 N–H and O–H groups in total. The molecule has 2 aromatic heterocycles. The van der Waals surface area contributed by atoms with Crippen molar-refractivity contribution < 1.29 is 0 Å². The Labute approximate surface area is 196 Å². The Balaban J connectivity index is 1.22. The van der Waals surface area contributed by atoms with Crippen LogP contribution in [0.15, 0.2) is 59.7 Å². The molecule has 3 aromatic rings. The summed E-state index contributed by atoms with van der Waals surface area (Å²) in [6.45, 7) is 8.19. The standard InChI is InChI=1S/C26H35N7/c1-2-27-26(28-15-13-25-30-29-24-12-6-7-17-33(24)25)32-18-14-23-22(20-32)11-8-16-31(23)19-21-9-4-3-5-10-21/h3-7,9-10,12,17,22-23H,2,8,11,13-16,18-20H2,1H3,(H,27,28). The van der Waals surface area contributed by atoms with Crippen LogP contribution in [0.2, 0.25) is 0 Å². The molecular formula is C26H35N7. The van der Waals surface area contributed by atoms with E-state index in [0.717, 1.165) is 50.0 Å². The molecule has 0 aliphatic carbocycles. The predicted octanol–water partition coefficient (Wildman–Crippen LogP) is 3.22. The van der Waals surface area contributed by atoms with Gasteiger partial charge in [0.05, 0.1) is 0 Å². The lowest BCUT2D eigenvalue weighted by atomic mass is 9.83. The third kappa shape index (κ3) is 5.03. The van der Waals surface area contributed by atoms with Gasteiger partial charge in [-0.1, -0.05) is 36.4 Å². The van der Waals surface area contributed by atoms with Gasteiger partial charge in [0.25, 0.3) is 0 Å². The largest absolute Gasteiger partial charge is 0.357 e. The van der Waals surface area contributed by atoms with Gasteiger partial charge in [0.2, 0.25) is 0 Å². The molecule has 7 heteroatoms. The summed E-state index contributed by atoms with van der Waals surface area (Å²) in [4.78, 5) is 10.2. The number of nitrogens with one attached hydrogen (secondary N) is 1. The Morgan fingerprint density at radius 1 is 1.06 bits per heavy atom. The monoisotopic (exact) mass is 445 g/mol. The Kier molecular flexibility index (Phi) is 6.86. The van der Waals surface area contributed by atoms with Crippen molar-refractivity contribution in [3.05, 3.63) is 66.1 Å². The molecule has 174 valence electrons. The highest BCUT2D eigenvalue weighted by Crippen LogP contribution is 2.31. The molecule has 1 aromatic carbocycles.